The molecule has 0 bridgehead atoms. The van der Waals surface area contributed by atoms with E-state index in [0.29, 0.717) is 18.0 Å². The number of benzene rings is 1. The number of rotatable bonds is 7. The largest absolute Gasteiger partial charge is 0.493 e. The van der Waals surface area contributed by atoms with Crippen LogP contribution in [0.4, 0.5) is 0 Å². The summed E-state index contributed by atoms with van der Waals surface area (Å²) < 4.78 is 10.5. The maximum absolute atomic E-state index is 11.6. The number of hydrogen-bond donors (Lipinski definition) is 2. The molecule has 1 rings (SSSR count). The predicted molar refractivity (Wildman–Crippen MR) is 72.4 cm³/mol. The van der Waals surface area contributed by atoms with E-state index in [1.54, 1.807) is 19.2 Å². The van der Waals surface area contributed by atoms with Gasteiger partial charge in [0.25, 0.3) is 5.91 Å². The molecule has 106 valence electrons. The Balaban J connectivity index is 2.42. The fourth-order valence-electron chi connectivity index (χ4n) is 1.33. The zero-order valence-corrected chi connectivity index (χ0v) is 11.6. The molecular weight excluding hydrogens is 246 g/mol. The summed E-state index contributed by atoms with van der Waals surface area (Å²) in [5.74, 6) is 0.889. The molecular formula is C14H21NO4. The average Bonchev–Trinajstić information content (AvgIpc) is 2.43. The number of aliphatic hydroxyl groups is 1. The second-order valence-electron chi connectivity index (χ2n) is 5.04. The van der Waals surface area contributed by atoms with Crippen LogP contribution in [-0.2, 0) is 4.79 Å². The highest BCUT2D eigenvalue weighted by Crippen LogP contribution is 2.25. The molecule has 1 aromatic carbocycles. The fraction of sp³-hybridized carbons (Fsp3) is 0.500. The van der Waals surface area contributed by atoms with Crippen LogP contribution < -0.4 is 14.8 Å². The van der Waals surface area contributed by atoms with E-state index >= 15 is 0 Å². The van der Waals surface area contributed by atoms with Gasteiger partial charge in [0.2, 0.25) is 0 Å². The van der Waals surface area contributed by atoms with E-state index in [0.717, 1.165) is 0 Å². The van der Waals surface area contributed by atoms with Crippen LogP contribution in [0, 0.1) is 5.41 Å². The SMILES string of the molecule is COc1ccccc1OCC(=O)NCC(C)(C)CO. The molecule has 0 aliphatic rings. The molecule has 0 aromatic heterocycles. The molecule has 0 aliphatic heterocycles. The molecule has 0 fully saturated rings. The highest BCUT2D eigenvalue weighted by atomic mass is 16.5. The first kappa shape index (κ1) is 15.3. The van der Waals surface area contributed by atoms with E-state index in [1.807, 2.05) is 26.0 Å². The Hall–Kier alpha value is -1.75. The van der Waals surface area contributed by atoms with Gasteiger partial charge in [-0.25, -0.2) is 0 Å². The van der Waals surface area contributed by atoms with Crippen molar-refractivity contribution in [1.82, 2.24) is 5.32 Å². The molecule has 1 aromatic rings. The first-order valence-electron chi connectivity index (χ1n) is 6.12. The van der Waals surface area contributed by atoms with Crippen molar-refractivity contribution in [2.24, 2.45) is 5.41 Å². The van der Waals surface area contributed by atoms with Crippen molar-refractivity contribution in [2.45, 2.75) is 13.8 Å². The molecule has 19 heavy (non-hydrogen) atoms. The lowest BCUT2D eigenvalue weighted by molar-refractivity contribution is -0.123. The smallest absolute Gasteiger partial charge is 0.257 e. The van der Waals surface area contributed by atoms with Crippen molar-refractivity contribution in [1.29, 1.82) is 0 Å². The molecule has 0 saturated heterocycles. The quantitative estimate of drug-likeness (QED) is 0.779. The molecule has 0 radical (unpaired) electrons. The lowest BCUT2D eigenvalue weighted by atomic mass is 9.95. The highest BCUT2D eigenvalue weighted by Gasteiger charge is 2.17. The summed E-state index contributed by atoms with van der Waals surface area (Å²) in [6.07, 6.45) is 0. The number of ether oxygens (including phenoxy) is 2. The lowest BCUT2D eigenvalue weighted by Gasteiger charge is -2.21. The van der Waals surface area contributed by atoms with Gasteiger partial charge in [0.1, 0.15) is 0 Å². The number of aliphatic hydroxyl groups excluding tert-OH is 1. The van der Waals surface area contributed by atoms with Gasteiger partial charge in [-0.1, -0.05) is 26.0 Å². The van der Waals surface area contributed by atoms with Gasteiger partial charge in [0, 0.05) is 18.6 Å². The van der Waals surface area contributed by atoms with E-state index in [1.165, 1.54) is 0 Å². The highest BCUT2D eigenvalue weighted by molar-refractivity contribution is 5.77. The van der Waals surface area contributed by atoms with Crippen molar-refractivity contribution >= 4 is 5.91 Å². The van der Waals surface area contributed by atoms with Crippen molar-refractivity contribution in [3.63, 3.8) is 0 Å². The summed E-state index contributed by atoms with van der Waals surface area (Å²) in [5, 5.41) is 11.8. The van der Waals surface area contributed by atoms with Crippen molar-refractivity contribution < 1.29 is 19.4 Å². The minimum atomic E-state index is -0.333. The summed E-state index contributed by atoms with van der Waals surface area (Å²) in [7, 11) is 1.55. The third-order valence-corrected chi connectivity index (χ3v) is 2.62. The number of nitrogens with one attached hydrogen (secondary N) is 1. The molecule has 0 saturated carbocycles. The fourth-order valence-corrected chi connectivity index (χ4v) is 1.33. The number of carbonyl (C=O) groups excluding carboxylic acids is 1. The van der Waals surface area contributed by atoms with Gasteiger partial charge >= 0.3 is 0 Å². The lowest BCUT2D eigenvalue weighted by Crippen LogP contribution is -2.38. The molecule has 1 amide bonds. The minimum Gasteiger partial charge on any atom is -0.493 e. The first-order valence-corrected chi connectivity index (χ1v) is 6.12. The summed E-state index contributed by atoms with van der Waals surface area (Å²) in [4.78, 5) is 11.6. The van der Waals surface area contributed by atoms with E-state index in [9.17, 15) is 4.79 Å². The summed E-state index contributed by atoms with van der Waals surface area (Å²) in [6.45, 7) is 4.07. The minimum absolute atomic E-state index is 0.0145. The Kier molecular flexibility index (Phi) is 5.63. The number of amides is 1. The summed E-state index contributed by atoms with van der Waals surface area (Å²) in [6, 6.07) is 7.14. The van der Waals surface area contributed by atoms with Crippen LogP contribution in [0.1, 0.15) is 13.8 Å². The van der Waals surface area contributed by atoms with Crippen LogP contribution in [0.5, 0.6) is 11.5 Å². The van der Waals surface area contributed by atoms with E-state index in [-0.39, 0.29) is 24.5 Å². The standard InChI is InChI=1S/C14H21NO4/c1-14(2,10-16)9-15-13(17)8-19-12-7-5-4-6-11(12)18-3/h4-7,16H,8-10H2,1-3H3,(H,15,17). The Bertz CT molecular complexity index is 418. The Labute approximate surface area is 113 Å². The molecule has 0 unspecified atom stereocenters. The number of hydrogen-bond acceptors (Lipinski definition) is 4. The molecule has 5 nitrogen and oxygen atoms in total. The summed E-state index contributed by atoms with van der Waals surface area (Å²) in [5.41, 5.74) is -0.333. The number of para-hydroxylation sites is 2. The number of carbonyl (C=O) groups is 1. The van der Waals surface area contributed by atoms with Crippen molar-refractivity contribution in [3.8, 4) is 11.5 Å². The van der Waals surface area contributed by atoms with E-state index < -0.39 is 0 Å². The van der Waals surface area contributed by atoms with Gasteiger partial charge < -0.3 is 19.9 Å². The van der Waals surface area contributed by atoms with Crippen LogP contribution >= 0.6 is 0 Å². The van der Waals surface area contributed by atoms with Gasteiger partial charge in [0.05, 0.1) is 7.11 Å². The van der Waals surface area contributed by atoms with Crippen LogP contribution in [0.2, 0.25) is 0 Å². The normalized spacial score (nSPS) is 10.9. The third-order valence-electron chi connectivity index (χ3n) is 2.62. The van der Waals surface area contributed by atoms with Gasteiger partial charge in [-0.05, 0) is 12.1 Å². The number of methoxy groups -OCH3 is 1. The van der Waals surface area contributed by atoms with Crippen LogP contribution in [-0.4, -0.2) is 37.9 Å². The van der Waals surface area contributed by atoms with Gasteiger partial charge in [-0.3, -0.25) is 4.79 Å². The zero-order chi connectivity index (χ0) is 14.3. The maximum atomic E-state index is 11.6. The monoisotopic (exact) mass is 267 g/mol. The van der Waals surface area contributed by atoms with Crippen LogP contribution in [0.25, 0.3) is 0 Å². The zero-order valence-electron chi connectivity index (χ0n) is 11.6. The Morgan fingerprint density at radius 1 is 1.32 bits per heavy atom. The molecule has 5 heteroatoms. The van der Waals surface area contributed by atoms with Gasteiger partial charge in [0.15, 0.2) is 18.1 Å². The topological polar surface area (TPSA) is 67.8 Å². The second-order valence-corrected chi connectivity index (χ2v) is 5.04. The van der Waals surface area contributed by atoms with Crippen molar-refractivity contribution in [2.75, 3.05) is 26.9 Å². The molecule has 0 heterocycles. The molecule has 0 spiro atoms. The molecule has 0 atom stereocenters. The molecule has 2 N–H and O–H groups in total. The maximum Gasteiger partial charge on any atom is 0.257 e. The first-order chi connectivity index (χ1) is 8.98. The summed E-state index contributed by atoms with van der Waals surface area (Å²) >= 11 is 0. The predicted octanol–water partition coefficient (Wildman–Crippen LogP) is 1.21. The average molecular weight is 267 g/mol. The van der Waals surface area contributed by atoms with Gasteiger partial charge in [-0.2, -0.15) is 0 Å². The van der Waals surface area contributed by atoms with E-state index in [2.05, 4.69) is 5.32 Å². The second kappa shape index (κ2) is 6.99. The Morgan fingerprint density at radius 2 is 1.95 bits per heavy atom. The third kappa shape index (κ3) is 5.18. The van der Waals surface area contributed by atoms with Gasteiger partial charge in [-0.15, -0.1) is 0 Å². The van der Waals surface area contributed by atoms with Crippen LogP contribution in [0.15, 0.2) is 24.3 Å². The Morgan fingerprint density at radius 3 is 2.53 bits per heavy atom. The van der Waals surface area contributed by atoms with Crippen molar-refractivity contribution in [3.05, 3.63) is 24.3 Å². The molecule has 0 aliphatic carbocycles. The van der Waals surface area contributed by atoms with E-state index in [4.69, 9.17) is 14.6 Å². The van der Waals surface area contributed by atoms with Crippen LogP contribution in [0.3, 0.4) is 0 Å².